The second-order valence-corrected chi connectivity index (χ2v) is 9.15. The van der Waals surface area contributed by atoms with Crippen molar-refractivity contribution in [2.75, 3.05) is 7.11 Å². The highest BCUT2D eigenvalue weighted by molar-refractivity contribution is 6.30. The van der Waals surface area contributed by atoms with Gasteiger partial charge in [0, 0.05) is 31.1 Å². The van der Waals surface area contributed by atoms with E-state index < -0.39 is 23.1 Å². The third kappa shape index (κ3) is 3.44. The minimum absolute atomic E-state index is 0.0838. The predicted molar refractivity (Wildman–Crippen MR) is 139 cm³/mol. The molecule has 1 aliphatic carbocycles. The number of rotatable bonds is 4. The van der Waals surface area contributed by atoms with E-state index in [1.54, 1.807) is 20.2 Å². The fourth-order valence-corrected chi connectivity index (χ4v) is 5.25. The molecule has 0 radical (unpaired) electrons. The van der Waals surface area contributed by atoms with E-state index in [4.69, 9.17) is 14.5 Å². The van der Waals surface area contributed by atoms with E-state index in [0.717, 1.165) is 21.4 Å². The monoisotopic (exact) mass is 493 g/mol. The van der Waals surface area contributed by atoms with Crippen LogP contribution in [0.3, 0.4) is 0 Å². The zero-order valence-electron chi connectivity index (χ0n) is 20.5. The number of benzene rings is 3. The summed E-state index contributed by atoms with van der Waals surface area (Å²) >= 11 is 0. The highest BCUT2D eigenvalue weighted by Crippen LogP contribution is 2.46. The molecule has 1 aliphatic heterocycles. The maximum atomic E-state index is 13.6. The lowest BCUT2D eigenvalue weighted by Crippen LogP contribution is -2.43. The molecule has 8 nitrogen and oxygen atoms in total. The Morgan fingerprint density at radius 2 is 1.32 bits per heavy atom. The van der Waals surface area contributed by atoms with Crippen LogP contribution >= 0.6 is 0 Å². The number of ketones is 1. The van der Waals surface area contributed by atoms with E-state index in [0.29, 0.717) is 28.3 Å². The molecule has 6 rings (SSSR count). The average molecular weight is 494 g/mol. The van der Waals surface area contributed by atoms with Crippen molar-refractivity contribution in [3.05, 3.63) is 116 Å². The van der Waals surface area contributed by atoms with Crippen LogP contribution < -0.4 is 20.7 Å². The predicted octanol–water partition coefficient (Wildman–Crippen LogP) is 3.96. The van der Waals surface area contributed by atoms with Gasteiger partial charge in [0.05, 0.1) is 24.3 Å². The van der Waals surface area contributed by atoms with Crippen LogP contribution in [0, 0.1) is 5.92 Å². The Bertz CT molecular complexity index is 1710. The normalized spacial score (nSPS) is 17.5. The second kappa shape index (κ2) is 8.44. The number of fused-ring (bicyclic) bond motifs is 4. The Hall–Kier alpha value is -4.72. The van der Waals surface area contributed by atoms with E-state index in [-0.39, 0.29) is 11.6 Å². The largest absolute Gasteiger partial charge is 0.497 e. The number of hydrogen-bond donors (Lipinski definition) is 0. The van der Waals surface area contributed by atoms with Gasteiger partial charge in [-0.2, -0.15) is 0 Å². The lowest BCUT2D eigenvalue weighted by molar-refractivity contribution is 0.0953. The molecule has 1 aromatic heterocycles. The van der Waals surface area contributed by atoms with Gasteiger partial charge in [0.25, 0.3) is 5.56 Å². The zero-order valence-corrected chi connectivity index (χ0v) is 20.5. The van der Waals surface area contributed by atoms with Crippen LogP contribution in [0.2, 0.25) is 0 Å². The van der Waals surface area contributed by atoms with Gasteiger partial charge in [-0.05, 0) is 42.0 Å². The number of carbonyl (C=O) groups excluding carboxylic acids is 1. The second-order valence-electron chi connectivity index (χ2n) is 9.15. The van der Waals surface area contributed by atoms with Crippen LogP contribution in [0.25, 0.3) is 0 Å². The number of carbonyl (C=O) groups is 1. The number of ether oxygens (including phenoxy) is 2. The van der Waals surface area contributed by atoms with E-state index >= 15 is 0 Å². The molecule has 3 aromatic carbocycles. The maximum Gasteiger partial charge on any atom is 0.332 e. The Kier molecular flexibility index (Phi) is 5.19. The molecule has 0 saturated heterocycles. The third-order valence-electron chi connectivity index (χ3n) is 7.12. The van der Waals surface area contributed by atoms with Crippen molar-refractivity contribution >= 4 is 17.3 Å². The first-order chi connectivity index (χ1) is 17.9. The van der Waals surface area contributed by atoms with E-state index in [2.05, 4.69) is 0 Å². The zero-order chi connectivity index (χ0) is 25.8. The molecule has 8 heteroatoms. The van der Waals surface area contributed by atoms with Gasteiger partial charge in [0.1, 0.15) is 23.1 Å². The highest BCUT2D eigenvalue weighted by atomic mass is 16.5. The van der Waals surface area contributed by atoms with Gasteiger partial charge in [-0.3, -0.25) is 18.7 Å². The first kappa shape index (κ1) is 22.7. The molecule has 0 spiro atoms. The minimum atomic E-state index is -0.663. The van der Waals surface area contributed by atoms with E-state index in [1.165, 1.54) is 11.6 Å². The number of hydrogen-bond acceptors (Lipinski definition) is 6. The molecular formula is C29H23N3O5. The Labute approximate surface area is 212 Å². The van der Waals surface area contributed by atoms with Crippen LogP contribution in [0.15, 0.2) is 87.4 Å². The van der Waals surface area contributed by atoms with E-state index in [1.807, 2.05) is 66.7 Å². The topological polar surface area (TPSA) is 91.9 Å². The molecule has 2 unspecified atom stereocenters. The first-order valence-corrected chi connectivity index (χ1v) is 11.8. The van der Waals surface area contributed by atoms with Crippen molar-refractivity contribution in [3.8, 4) is 17.2 Å². The smallest absolute Gasteiger partial charge is 0.332 e. The maximum absolute atomic E-state index is 13.6. The van der Waals surface area contributed by atoms with Gasteiger partial charge in [-0.15, -0.1) is 0 Å². The summed E-state index contributed by atoms with van der Waals surface area (Å²) in [6.45, 7) is 0. The summed E-state index contributed by atoms with van der Waals surface area (Å²) in [4.78, 5) is 44.5. The summed E-state index contributed by atoms with van der Waals surface area (Å²) in [5.41, 5.74) is 2.08. The molecular weight excluding hydrogens is 470 g/mol. The summed E-state index contributed by atoms with van der Waals surface area (Å²) in [5, 5.41) is 0. The number of aliphatic imine (C=N–C) groups is 1. The van der Waals surface area contributed by atoms with Crippen molar-refractivity contribution in [1.29, 1.82) is 0 Å². The van der Waals surface area contributed by atoms with Crippen molar-refractivity contribution in [1.82, 2.24) is 9.13 Å². The Morgan fingerprint density at radius 1 is 0.730 bits per heavy atom. The van der Waals surface area contributed by atoms with Gasteiger partial charge >= 0.3 is 5.69 Å². The Morgan fingerprint density at radius 3 is 1.97 bits per heavy atom. The number of methoxy groups -OCH3 is 1. The van der Waals surface area contributed by atoms with Gasteiger partial charge in [-0.1, -0.05) is 36.4 Å². The van der Waals surface area contributed by atoms with Crippen LogP contribution in [0.1, 0.15) is 33.0 Å². The molecule has 4 aromatic rings. The van der Waals surface area contributed by atoms with E-state index in [9.17, 15) is 14.4 Å². The SMILES string of the molecule is COc1ccc(Oc2ccc(C3c4c(n(C)c(=O)n(C)c4=O)N=C4c5ccccc5C(=O)C43)cc2)cc1. The molecule has 0 fully saturated rings. The quantitative estimate of drug-likeness (QED) is 0.429. The summed E-state index contributed by atoms with van der Waals surface area (Å²) in [6.07, 6.45) is 0. The van der Waals surface area contributed by atoms with Crippen molar-refractivity contribution in [3.63, 3.8) is 0 Å². The standard InChI is InChI=1S/C29H23N3O5/c1-31-27-24(28(34)32(2)29(31)35)22(23-25(30-27)20-6-4-5-7-21(20)26(23)33)16-8-10-18(11-9-16)37-19-14-12-17(36-3)13-15-19/h4-15,22-23H,1-3H3. The molecule has 2 atom stereocenters. The summed E-state index contributed by atoms with van der Waals surface area (Å²) in [6, 6.07) is 21.9. The van der Waals surface area contributed by atoms with Crippen molar-refractivity contribution < 1.29 is 14.3 Å². The van der Waals surface area contributed by atoms with Gasteiger partial charge in [0.2, 0.25) is 0 Å². The van der Waals surface area contributed by atoms with Gasteiger partial charge < -0.3 is 9.47 Å². The van der Waals surface area contributed by atoms with Crippen molar-refractivity contribution in [2.45, 2.75) is 5.92 Å². The van der Waals surface area contributed by atoms with Crippen LogP contribution in [-0.2, 0) is 14.1 Å². The molecule has 0 amide bonds. The molecule has 2 heterocycles. The fourth-order valence-electron chi connectivity index (χ4n) is 5.25. The van der Waals surface area contributed by atoms with Crippen LogP contribution in [0.5, 0.6) is 17.2 Å². The summed E-state index contributed by atoms with van der Waals surface area (Å²) in [7, 11) is 4.64. The summed E-state index contributed by atoms with van der Waals surface area (Å²) in [5.74, 6) is 0.914. The number of aromatic nitrogens is 2. The number of Topliss-reactive ketones (excluding diaryl/α,β-unsaturated/α-hetero) is 1. The lowest BCUT2D eigenvalue weighted by Gasteiger charge is -2.30. The minimum Gasteiger partial charge on any atom is -0.497 e. The van der Waals surface area contributed by atoms with Crippen molar-refractivity contribution in [2.24, 2.45) is 25.0 Å². The lowest BCUT2D eigenvalue weighted by atomic mass is 9.76. The molecule has 184 valence electrons. The third-order valence-corrected chi connectivity index (χ3v) is 7.12. The molecule has 0 N–H and O–H groups in total. The molecule has 37 heavy (non-hydrogen) atoms. The summed E-state index contributed by atoms with van der Waals surface area (Å²) < 4.78 is 13.6. The van der Waals surface area contributed by atoms with Crippen LogP contribution in [-0.4, -0.2) is 27.7 Å². The van der Waals surface area contributed by atoms with Gasteiger partial charge in [-0.25, -0.2) is 9.79 Å². The number of nitrogens with zero attached hydrogens (tertiary/aromatic N) is 3. The van der Waals surface area contributed by atoms with Gasteiger partial charge in [0.15, 0.2) is 5.78 Å². The molecule has 2 aliphatic rings. The molecule has 0 saturated carbocycles. The molecule has 0 bridgehead atoms. The first-order valence-electron chi connectivity index (χ1n) is 11.8. The average Bonchev–Trinajstić information content (AvgIpc) is 3.22. The highest BCUT2D eigenvalue weighted by Gasteiger charge is 2.47. The fraction of sp³-hybridized carbons (Fsp3) is 0.172. The van der Waals surface area contributed by atoms with Crippen LogP contribution in [0.4, 0.5) is 5.82 Å². The Balaban J connectivity index is 1.48.